The van der Waals surface area contributed by atoms with Gasteiger partial charge in [-0.15, -0.1) is 0 Å². The van der Waals surface area contributed by atoms with Crippen LogP contribution in [-0.4, -0.2) is 30.0 Å². The molecule has 0 amide bonds. The first kappa shape index (κ1) is 10.8. The van der Waals surface area contributed by atoms with Gasteiger partial charge < -0.3 is 9.88 Å². The molecule has 0 aliphatic heterocycles. The molecule has 1 aromatic heterocycles. The third kappa shape index (κ3) is 1.51. The van der Waals surface area contributed by atoms with Crippen molar-refractivity contribution in [3.63, 3.8) is 0 Å². The Morgan fingerprint density at radius 2 is 2.18 bits per heavy atom. The lowest BCUT2D eigenvalue weighted by atomic mass is 9.78. The lowest BCUT2D eigenvalue weighted by Crippen LogP contribution is -2.37. The Bertz CT molecular complexity index is 539. The first-order chi connectivity index (χ1) is 8.22. The Hall–Kier alpha value is -1.28. The van der Waals surface area contributed by atoms with E-state index in [0.29, 0.717) is 12.0 Å². The smallest absolute Gasteiger partial charge is 0.0459 e. The van der Waals surface area contributed by atoms with Gasteiger partial charge in [-0.05, 0) is 44.1 Å². The molecule has 0 bridgehead atoms. The highest BCUT2D eigenvalue weighted by Gasteiger charge is 2.31. The molecule has 0 saturated carbocycles. The number of H-pyrrole nitrogens is 1. The molecule has 2 atom stereocenters. The predicted octanol–water partition coefficient (Wildman–Crippen LogP) is 3.15. The van der Waals surface area contributed by atoms with E-state index < -0.39 is 0 Å². The number of rotatable bonds is 2. The van der Waals surface area contributed by atoms with Gasteiger partial charge in [-0.1, -0.05) is 19.1 Å². The molecule has 1 heterocycles. The summed E-state index contributed by atoms with van der Waals surface area (Å²) in [5, 5.41) is 1.48. The molecule has 2 heteroatoms. The Morgan fingerprint density at radius 1 is 1.35 bits per heavy atom. The molecular formula is C15H20N2. The van der Waals surface area contributed by atoms with Gasteiger partial charge in [0.1, 0.15) is 0 Å². The maximum atomic E-state index is 3.41. The van der Waals surface area contributed by atoms with E-state index in [2.05, 4.69) is 55.3 Å². The second kappa shape index (κ2) is 3.88. The molecule has 2 nitrogen and oxygen atoms in total. The van der Waals surface area contributed by atoms with Crippen LogP contribution in [0.3, 0.4) is 0 Å². The number of nitrogens with one attached hydrogen (secondary N) is 1. The van der Waals surface area contributed by atoms with Crippen LogP contribution in [-0.2, 0) is 6.42 Å². The van der Waals surface area contributed by atoms with Gasteiger partial charge in [0, 0.05) is 29.1 Å². The third-order valence-corrected chi connectivity index (χ3v) is 4.22. The van der Waals surface area contributed by atoms with E-state index in [0.717, 1.165) is 0 Å². The summed E-state index contributed by atoms with van der Waals surface area (Å²) in [4.78, 5) is 5.78. The van der Waals surface area contributed by atoms with E-state index in [4.69, 9.17) is 0 Å². The quantitative estimate of drug-likeness (QED) is 0.836. The maximum absolute atomic E-state index is 3.41. The average Bonchev–Trinajstić information content (AvgIpc) is 2.74. The molecule has 0 spiro atoms. The Balaban J connectivity index is 2.21. The van der Waals surface area contributed by atoms with Gasteiger partial charge in [0.15, 0.2) is 0 Å². The highest BCUT2D eigenvalue weighted by Crippen LogP contribution is 2.39. The largest absolute Gasteiger partial charge is 0.361 e. The van der Waals surface area contributed by atoms with Crippen LogP contribution in [0.5, 0.6) is 0 Å². The number of nitrogens with zero attached hydrogens (tertiary/aromatic N) is 1. The van der Waals surface area contributed by atoms with Crippen molar-refractivity contribution in [2.45, 2.75) is 31.7 Å². The first-order valence-electron chi connectivity index (χ1n) is 6.47. The Labute approximate surface area is 103 Å². The van der Waals surface area contributed by atoms with Gasteiger partial charge >= 0.3 is 0 Å². The molecule has 1 aliphatic carbocycles. The zero-order valence-electron chi connectivity index (χ0n) is 10.8. The standard InChI is InChI=1S/C15H20N2/c1-4-11-12-6-5-7-13-15(12)10(9-16-13)8-14(11)17(2)3/h5-7,9,11,14,16H,4,8H2,1-3H3. The number of aromatic nitrogens is 1. The second-order valence-corrected chi connectivity index (χ2v) is 5.33. The molecule has 0 saturated heterocycles. The van der Waals surface area contributed by atoms with Gasteiger partial charge in [0.05, 0.1) is 0 Å². The van der Waals surface area contributed by atoms with E-state index in [1.54, 1.807) is 0 Å². The van der Waals surface area contributed by atoms with Crippen LogP contribution in [0, 0.1) is 0 Å². The number of aromatic amines is 1. The molecule has 17 heavy (non-hydrogen) atoms. The van der Waals surface area contributed by atoms with Gasteiger partial charge in [-0.25, -0.2) is 0 Å². The molecule has 3 rings (SSSR count). The van der Waals surface area contributed by atoms with Gasteiger partial charge in [-0.3, -0.25) is 0 Å². The van der Waals surface area contributed by atoms with E-state index in [1.165, 1.54) is 34.9 Å². The fourth-order valence-corrected chi connectivity index (χ4v) is 3.37. The van der Waals surface area contributed by atoms with E-state index in [9.17, 15) is 0 Å². The summed E-state index contributed by atoms with van der Waals surface area (Å²) < 4.78 is 0. The Kier molecular flexibility index (Phi) is 2.48. The summed E-state index contributed by atoms with van der Waals surface area (Å²) in [5.41, 5.74) is 4.32. The molecule has 2 aromatic rings. The first-order valence-corrected chi connectivity index (χ1v) is 6.47. The molecule has 2 unspecified atom stereocenters. The zero-order chi connectivity index (χ0) is 12.0. The molecule has 90 valence electrons. The molecule has 1 N–H and O–H groups in total. The molecular weight excluding hydrogens is 208 g/mol. The average molecular weight is 228 g/mol. The van der Waals surface area contributed by atoms with Crippen LogP contribution < -0.4 is 0 Å². The Morgan fingerprint density at radius 3 is 2.88 bits per heavy atom. The summed E-state index contributed by atoms with van der Waals surface area (Å²) >= 11 is 0. The lowest BCUT2D eigenvalue weighted by molar-refractivity contribution is 0.244. The monoisotopic (exact) mass is 228 g/mol. The van der Waals surface area contributed by atoms with Crippen molar-refractivity contribution in [2.24, 2.45) is 0 Å². The summed E-state index contributed by atoms with van der Waals surface area (Å²) in [6.45, 7) is 2.30. The maximum Gasteiger partial charge on any atom is 0.0459 e. The van der Waals surface area contributed by atoms with Crippen molar-refractivity contribution in [3.8, 4) is 0 Å². The SMILES string of the molecule is CCC1c2cccc3[nH]cc(c23)CC1N(C)C. The summed E-state index contributed by atoms with van der Waals surface area (Å²) in [6, 6.07) is 7.31. The molecule has 0 fully saturated rings. The summed E-state index contributed by atoms with van der Waals surface area (Å²) in [5.74, 6) is 0.664. The highest BCUT2D eigenvalue weighted by molar-refractivity contribution is 5.88. The fraction of sp³-hybridized carbons (Fsp3) is 0.467. The lowest BCUT2D eigenvalue weighted by Gasteiger charge is -2.36. The van der Waals surface area contributed by atoms with E-state index >= 15 is 0 Å². The third-order valence-electron chi connectivity index (χ3n) is 4.22. The van der Waals surface area contributed by atoms with Crippen LogP contribution in [0.15, 0.2) is 24.4 Å². The van der Waals surface area contributed by atoms with Gasteiger partial charge in [0.2, 0.25) is 0 Å². The van der Waals surface area contributed by atoms with Crippen LogP contribution in [0.4, 0.5) is 0 Å². The van der Waals surface area contributed by atoms with Crippen molar-refractivity contribution in [2.75, 3.05) is 14.1 Å². The number of hydrogen-bond donors (Lipinski definition) is 1. The normalized spacial score (nSPS) is 23.5. The van der Waals surface area contributed by atoms with Crippen molar-refractivity contribution < 1.29 is 0 Å². The molecule has 1 aromatic carbocycles. The van der Waals surface area contributed by atoms with Crippen molar-refractivity contribution >= 4 is 10.9 Å². The second-order valence-electron chi connectivity index (χ2n) is 5.33. The topological polar surface area (TPSA) is 19.0 Å². The fourth-order valence-electron chi connectivity index (χ4n) is 3.37. The van der Waals surface area contributed by atoms with E-state index in [1.807, 2.05) is 0 Å². The van der Waals surface area contributed by atoms with E-state index in [-0.39, 0.29) is 0 Å². The summed E-state index contributed by atoms with van der Waals surface area (Å²) in [6.07, 6.45) is 4.58. The molecule has 1 aliphatic rings. The van der Waals surface area contributed by atoms with Crippen LogP contribution in [0.2, 0.25) is 0 Å². The highest BCUT2D eigenvalue weighted by atomic mass is 15.1. The van der Waals surface area contributed by atoms with Crippen LogP contribution >= 0.6 is 0 Å². The molecule has 0 radical (unpaired) electrons. The predicted molar refractivity (Wildman–Crippen MR) is 72.5 cm³/mol. The minimum absolute atomic E-state index is 0.633. The van der Waals surface area contributed by atoms with Crippen molar-refractivity contribution in [1.82, 2.24) is 9.88 Å². The number of hydrogen-bond acceptors (Lipinski definition) is 1. The zero-order valence-corrected chi connectivity index (χ0v) is 10.8. The number of likely N-dealkylation sites (N-methyl/N-ethyl adjacent to an activating group) is 1. The minimum atomic E-state index is 0.633. The van der Waals surface area contributed by atoms with Crippen molar-refractivity contribution in [1.29, 1.82) is 0 Å². The van der Waals surface area contributed by atoms with Gasteiger partial charge in [-0.2, -0.15) is 0 Å². The minimum Gasteiger partial charge on any atom is -0.361 e. The van der Waals surface area contributed by atoms with Gasteiger partial charge in [0.25, 0.3) is 0 Å². The van der Waals surface area contributed by atoms with Crippen LogP contribution in [0.25, 0.3) is 10.9 Å². The van der Waals surface area contributed by atoms with Crippen LogP contribution in [0.1, 0.15) is 30.4 Å². The summed E-state index contributed by atoms with van der Waals surface area (Å²) in [7, 11) is 4.40. The van der Waals surface area contributed by atoms with Crippen molar-refractivity contribution in [3.05, 3.63) is 35.5 Å². The number of benzene rings is 1.